The summed E-state index contributed by atoms with van der Waals surface area (Å²) < 4.78 is 5.08. The molecule has 1 unspecified atom stereocenters. The van der Waals surface area contributed by atoms with Gasteiger partial charge in [-0.3, -0.25) is 5.01 Å². The molecule has 5 nitrogen and oxygen atoms in total. The molecule has 0 saturated carbocycles. The minimum atomic E-state index is -0.109. The van der Waals surface area contributed by atoms with E-state index in [0.717, 1.165) is 16.9 Å². The zero-order valence-corrected chi connectivity index (χ0v) is 11.7. The predicted octanol–water partition coefficient (Wildman–Crippen LogP) is 1.82. The molecule has 0 saturated heterocycles. The average molecular weight is 283 g/mol. The Kier molecular flexibility index (Phi) is 3.85. The number of hydrogen-bond donors (Lipinski definition) is 2. The van der Waals surface area contributed by atoms with E-state index in [9.17, 15) is 5.11 Å². The van der Waals surface area contributed by atoms with Crippen molar-refractivity contribution in [2.45, 2.75) is 6.04 Å². The van der Waals surface area contributed by atoms with E-state index in [-0.39, 0.29) is 12.6 Å². The predicted molar refractivity (Wildman–Crippen MR) is 81.7 cm³/mol. The number of aliphatic hydroxyl groups is 1. The molecule has 0 bridgehead atoms. The first-order valence-corrected chi connectivity index (χ1v) is 6.76. The molecule has 2 N–H and O–H groups in total. The fourth-order valence-corrected chi connectivity index (χ4v) is 2.30. The molecule has 108 valence electrons. The maximum atomic E-state index is 9.41. The van der Waals surface area contributed by atoms with Crippen molar-refractivity contribution < 1.29 is 9.84 Å². The van der Waals surface area contributed by atoms with Crippen molar-refractivity contribution in [3.05, 3.63) is 60.3 Å². The number of nitrogens with zero attached hydrogens (tertiary/aromatic N) is 2. The lowest BCUT2D eigenvalue weighted by Gasteiger charge is -2.23. The summed E-state index contributed by atoms with van der Waals surface area (Å²) in [4.78, 5) is 4.23. The molecule has 1 aromatic heterocycles. The molecule has 1 aliphatic heterocycles. The molecule has 2 aromatic rings. The molecule has 0 radical (unpaired) electrons. The van der Waals surface area contributed by atoms with Crippen LogP contribution in [0.1, 0.15) is 5.56 Å². The van der Waals surface area contributed by atoms with Gasteiger partial charge in [-0.15, -0.1) is 0 Å². The van der Waals surface area contributed by atoms with Crippen LogP contribution in [-0.2, 0) is 0 Å². The van der Waals surface area contributed by atoms with Gasteiger partial charge in [-0.05, 0) is 17.7 Å². The second-order valence-corrected chi connectivity index (χ2v) is 4.73. The van der Waals surface area contributed by atoms with Gasteiger partial charge in [-0.2, -0.15) is 0 Å². The van der Waals surface area contributed by atoms with Crippen LogP contribution in [0.15, 0.2) is 54.7 Å². The van der Waals surface area contributed by atoms with Gasteiger partial charge >= 0.3 is 0 Å². The Morgan fingerprint density at radius 3 is 2.67 bits per heavy atom. The lowest BCUT2D eigenvalue weighted by atomic mass is 10.1. The molecule has 5 heteroatoms. The molecule has 0 spiro atoms. The van der Waals surface area contributed by atoms with Crippen molar-refractivity contribution in [3.8, 4) is 5.88 Å². The average Bonchev–Trinajstić information content (AvgIpc) is 3.00. The molecule has 1 atom stereocenters. The van der Waals surface area contributed by atoms with E-state index < -0.39 is 0 Å². The highest BCUT2D eigenvalue weighted by molar-refractivity contribution is 5.80. The highest BCUT2D eigenvalue weighted by Crippen LogP contribution is 2.29. The van der Waals surface area contributed by atoms with Crippen molar-refractivity contribution >= 4 is 11.4 Å². The summed E-state index contributed by atoms with van der Waals surface area (Å²) in [5, 5.41) is 11.3. The number of aromatic nitrogens is 1. The molecule has 1 aliphatic rings. The number of methoxy groups -OCH3 is 1. The van der Waals surface area contributed by atoms with Crippen LogP contribution in [0.25, 0.3) is 5.70 Å². The monoisotopic (exact) mass is 283 g/mol. The van der Waals surface area contributed by atoms with Crippen LogP contribution in [0.5, 0.6) is 5.88 Å². The normalized spacial score (nSPS) is 17.7. The van der Waals surface area contributed by atoms with Gasteiger partial charge in [-0.1, -0.05) is 30.3 Å². The largest absolute Gasteiger partial charge is 0.481 e. The molecule has 1 aromatic carbocycles. The van der Waals surface area contributed by atoms with Gasteiger partial charge in [0.1, 0.15) is 0 Å². The summed E-state index contributed by atoms with van der Waals surface area (Å²) in [6.07, 6.45) is 3.75. The Bertz CT molecular complexity index is 626. The Morgan fingerprint density at radius 2 is 2.05 bits per heavy atom. The number of nitrogens with one attached hydrogen (secondary N) is 1. The molecule has 21 heavy (non-hydrogen) atoms. The Morgan fingerprint density at radius 1 is 1.24 bits per heavy atom. The van der Waals surface area contributed by atoms with E-state index >= 15 is 0 Å². The SMILES string of the molecule is COc1ccc(N2NC(CO)C=C2c2ccccc2)cn1. The number of aliphatic hydroxyl groups excluding tert-OH is 1. The number of rotatable bonds is 4. The minimum Gasteiger partial charge on any atom is -0.481 e. The number of pyridine rings is 1. The third-order valence-electron chi connectivity index (χ3n) is 3.35. The molecule has 0 aliphatic carbocycles. The molecular weight excluding hydrogens is 266 g/mol. The number of hydrazine groups is 1. The van der Waals surface area contributed by atoms with Crippen LogP contribution < -0.4 is 15.2 Å². The first-order chi connectivity index (χ1) is 10.3. The van der Waals surface area contributed by atoms with E-state index in [1.807, 2.05) is 53.5 Å². The zero-order valence-electron chi connectivity index (χ0n) is 11.7. The molecule has 2 heterocycles. The topological polar surface area (TPSA) is 57.6 Å². The summed E-state index contributed by atoms with van der Waals surface area (Å²) in [7, 11) is 1.59. The highest BCUT2D eigenvalue weighted by atomic mass is 16.5. The maximum absolute atomic E-state index is 9.41. The molecular formula is C16H17N3O2. The van der Waals surface area contributed by atoms with Crippen LogP contribution in [0.3, 0.4) is 0 Å². The van der Waals surface area contributed by atoms with Gasteiger partial charge in [0, 0.05) is 6.07 Å². The summed E-state index contributed by atoms with van der Waals surface area (Å²) >= 11 is 0. The first kappa shape index (κ1) is 13.6. The lowest BCUT2D eigenvalue weighted by molar-refractivity contribution is 0.269. The maximum Gasteiger partial charge on any atom is 0.213 e. The van der Waals surface area contributed by atoms with Gasteiger partial charge in [0.2, 0.25) is 5.88 Å². The summed E-state index contributed by atoms with van der Waals surface area (Å²) in [5.41, 5.74) is 6.23. The molecule has 3 rings (SSSR count). The second kappa shape index (κ2) is 5.95. The third-order valence-corrected chi connectivity index (χ3v) is 3.35. The third kappa shape index (κ3) is 2.74. The lowest BCUT2D eigenvalue weighted by Crippen LogP contribution is -2.38. The van der Waals surface area contributed by atoms with Crippen LogP contribution >= 0.6 is 0 Å². The quantitative estimate of drug-likeness (QED) is 0.896. The van der Waals surface area contributed by atoms with Crippen molar-refractivity contribution in [3.63, 3.8) is 0 Å². The standard InChI is InChI=1S/C16H17N3O2/c1-21-16-8-7-14(10-17-16)19-15(9-13(11-20)18-19)12-5-3-2-4-6-12/h2-10,13,18,20H,11H2,1H3. The Labute approximate surface area is 123 Å². The fraction of sp³-hybridized carbons (Fsp3) is 0.188. The molecule has 0 fully saturated rings. The summed E-state index contributed by atoms with van der Waals surface area (Å²) in [5.74, 6) is 0.571. The Balaban J connectivity index is 1.94. The number of anilines is 1. The summed E-state index contributed by atoms with van der Waals surface area (Å²) in [6.45, 7) is 0.0381. The smallest absolute Gasteiger partial charge is 0.213 e. The fourth-order valence-electron chi connectivity index (χ4n) is 2.30. The van der Waals surface area contributed by atoms with Crippen LogP contribution in [-0.4, -0.2) is 29.8 Å². The number of ether oxygens (including phenoxy) is 1. The van der Waals surface area contributed by atoms with Crippen molar-refractivity contribution in [1.82, 2.24) is 10.4 Å². The number of benzene rings is 1. The summed E-state index contributed by atoms with van der Waals surface area (Å²) in [6, 6.07) is 13.7. The van der Waals surface area contributed by atoms with E-state index in [1.54, 1.807) is 13.3 Å². The van der Waals surface area contributed by atoms with Crippen LogP contribution in [0.2, 0.25) is 0 Å². The van der Waals surface area contributed by atoms with E-state index in [2.05, 4.69) is 10.4 Å². The minimum absolute atomic E-state index is 0.0381. The van der Waals surface area contributed by atoms with E-state index in [1.165, 1.54) is 0 Å². The van der Waals surface area contributed by atoms with Gasteiger partial charge < -0.3 is 9.84 Å². The van der Waals surface area contributed by atoms with Gasteiger partial charge in [-0.25, -0.2) is 10.4 Å². The molecule has 0 amide bonds. The first-order valence-electron chi connectivity index (χ1n) is 6.76. The zero-order chi connectivity index (χ0) is 14.7. The van der Waals surface area contributed by atoms with Crippen molar-refractivity contribution in [2.24, 2.45) is 0 Å². The van der Waals surface area contributed by atoms with E-state index in [4.69, 9.17) is 4.74 Å². The van der Waals surface area contributed by atoms with Gasteiger partial charge in [0.15, 0.2) is 0 Å². The second-order valence-electron chi connectivity index (χ2n) is 4.73. The Hall–Kier alpha value is -2.37. The van der Waals surface area contributed by atoms with Gasteiger partial charge in [0.25, 0.3) is 0 Å². The number of hydrogen-bond acceptors (Lipinski definition) is 5. The van der Waals surface area contributed by atoms with Crippen molar-refractivity contribution in [2.75, 3.05) is 18.7 Å². The highest BCUT2D eigenvalue weighted by Gasteiger charge is 2.24. The van der Waals surface area contributed by atoms with Crippen LogP contribution in [0, 0.1) is 0 Å². The van der Waals surface area contributed by atoms with E-state index in [0.29, 0.717) is 5.88 Å². The van der Waals surface area contributed by atoms with Crippen LogP contribution in [0.4, 0.5) is 5.69 Å². The van der Waals surface area contributed by atoms with Crippen molar-refractivity contribution in [1.29, 1.82) is 0 Å². The van der Waals surface area contributed by atoms with Gasteiger partial charge in [0.05, 0.1) is 37.3 Å².